The molecule has 0 saturated heterocycles. The quantitative estimate of drug-likeness (QED) is 0.0204. The Balaban J connectivity index is 4.47. The van der Waals surface area contributed by atoms with Crippen molar-refractivity contribution in [1.82, 2.24) is 20.4 Å². The number of carbonyl (C=O) groups is 2. The van der Waals surface area contributed by atoms with Crippen LogP contribution in [0.3, 0.4) is 0 Å². The fraction of sp³-hybridized carbons (Fsp3) is 0.939. The monoisotopic (exact) mass is 820 g/mol. The molecule has 0 fully saturated rings. The van der Waals surface area contributed by atoms with Crippen LogP contribution in [0.15, 0.2) is 0 Å². The standard InChI is InChI=1S/C49H97N5O4/c1-6-9-12-15-18-27-34-44-57-47(55)38-30-23-19-25-32-41-54(43-35-40-51-49(52-45-50)53(4)5)42-33-26-20-24-31-39-48(56)58-46(36-28-21-16-13-10-7-2)37-29-22-17-14-11-8-3/h46,49,51-52H,6-44H2,1-5H3. The molecule has 0 bridgehead atoms. The number of nitriles is 1. The molecule has 1 atom stereocenters. The van der Waals surface area contributed by atoms with E-state index in [9.17, 15) is 9.59 Å². The molecule has 342 valence electrons. The summed E-state index contributed by atoms with van der Waals surface area (Å²) in [7, 11) is 3.92. The fourth-order valence-electron chi connectivity index (χ4n) is 7.70. The minimum Gasteiger partial charge on any atom is -0.466 e. The highest BCUT2D eigenvalue weighted by molar-refractivity contribution is 5.69. The highest BCUT2D eigenvalue weighted by atomic mass is 16.5. The van der Waals surface area contributed by atoms with Crippen molar-refractivity contribution in [2.24, 2.45) is 0 Å². The normalized spacial score (nSPS) is 12.1. The zero-order valence-corrected chi connectivity index (χ0v) is 39.2. The van der Waals surface area contributed by atoms with E-state index in [1.165, 1.54) is 135 Å². The summed E-state index contributed by atoms with van der Waals surface area (Å²) in [6.07, 6.45) is 41.2. The number of rotatable bonds is 46. The summed E-state index contributed by atoms with van der Waals surface area (Å²) in [6.45, 7) is 11.4. The van der Waals surface area contributed by atoms with E-state index in [-0.39, 0.29) is 24.3 Å². The van der Waals surface area contributed by atoms with Crippen molar-refractivity contribution in [3.05, 3.63) is 0 Å². The molecule has 9 nitrogen and oxygen atoms in total. The number of ether oxygens (including phenoxy) is 2. The molecule has 0 aliphatic heterocycles. The Morgan fingerprint density at radius 3 is 1.43 bits per heavy atom. The minimum absolute atomic E-state index is 0.0157. The van der Waals surface area contributed by atoms with Crippen LogP contribution >= 0.6 is 0 Å². The number of hydrogen-bond acceptors (Lipinski definition) is 9. The molecule has 0 aliphatic carbocycles. The molecule has 2 N–H and O–H groups in total. The SMILES string of the molecule is CCCCCCCCCOC(=O)CCCCCCCN(CCCCCCCC(=O)OC(CCCCCCCC)CCCCCCCC)CCCNC(NC#N)N(C)C. The second kappa shape index (κ2) is 44.7. The predicted octanol–water partition coefficient (Wildman–Crippen LogP) is 12.6. The van der Waals surface area contributed by atoms with Crippen molar-refractivity contribution in [2.75, 3.05) is 46.9 Å². The largest absolute Gasteiger partial charge is 0.466 e. The Morgan fingerprint density at radius 1 is 0.534 bits per heavy atom. The van der Waals surface area contributed by atoms with Gasteiger partial charge in [-0.2, -0.15) is 5.26 Å². The van der Waals surface area contributed by atoms with Gasteiger partial charge in [0.1, 0.15) is 12.4 Å². The molecule has 0 aromatic heterocycles. The van der Waals surface area contributed by atoms with Crippen LogP contribution in [-0.2, 0) is 19.1 Å². The van der Waals surface area contributed by atoms with Gasteiger partial charge in [-0.3, -0.25) is 25.1 Å². The summed E-state index contributed by atoms with van der Waals surface area (Å²) >= 11 is 0. The molecule has 0 heterocycles. The molecular weight excluding hydrogens is 723 g/mol. The van der Waals surface area contributed by atoms with Crippen LogP contribution in [0, 0.1) is 11.5 Å². The van der Waals surface area contributed by atoms with E-state index in [0.717, 1.165) is 96.8 Å². The Morgan fingerprint density at radius 2 is 0.948 bits per heavy atom. The first-order valence-electron chi connectivity index (χ1n) is 25.0. The van der Waals surface area contributed by atoms with E-state index in [0.29, 0.717) is 19.4 Å². The highest BCUT2D eigenvalue weighted by Crippen LogP contribution is 2.19. The Kier molecular flexibility index (Phi) is 43.2. The first kappa shape index (κ1) is 56.1. The van der Waals surface area contributed by atoms with Gasteiger partial charge in [0, 0.05) is 12.8 Å². The first-order valence-corrected chi connectivity index (χ1v) is 25.0. The maximum atomic E-state index is 12.8. The van der Waals surface area contributed by atoms with Crippen LogP contribution in [-0.4, -0.2) is 81.0 Å². The smallest absolute Gasteiger partial charge is 0.306 e. The molecule has 0 aliphatic rings. The average molecular weight is 820 g/mol. The summed E-state index contributed by atoms with van der Waals surface area (Å²) in [5.41, 5.74) is 0. The molecule has 0 aromatic rings. The molecule has 0 amide bonds. The lowest BCUT2D eigenvalue weighted by atomic mass is 10.0. The molecule has 0 radical (unpaired) electrons. The van der Waals surface area contributed by atoms with Crippen molar-refractivity contribution in [2.45, 2.75) is 251 Å². The van der Waals surface area contributed by atoms with Gasteiger partial charge in [0.25, 0.3) is 0 Å². The Hall–Kier alpha value is -1.89. The summed E-state index contributed by atoms with van der Waals surface area (Å²) in [5, 5.41) is 15.3. The number of esters is 2. The lowest BCUT2D eigenvalue weighted by molar-refractivity contribution is -0.150. The van der Waals surface area contributed by atoms with Crippen molar-refractivity contribution < 1.29 is 19.1 Å². The molecule has 1 unspecified atom stereocenters. The van der Waals surface area contributed by atoms with Crippen molar-refractivity contribution in [3.8, 4) is 6.19 Å². The van der Waals surface area contributed by atoms with Crippen molar-refractivity contribution >= 4 is 11.9 Å². The van der Waals surface area contributed by atoms with Gasteiger partial charge in [0.2, 0.25) is 0 Å². The topological polar surface area (TPSA) is 107 Å². The number of carbonyl (C=O) groups excluding carboxylic acids is 2. The highest BCUT2D eigenvalue weighted by Gasteiger charge is 2.15. The van der Waals surface area contributed by atoms with Gasteiger partial charge in [-0.25, -0.2) is 0 Å². The van der Waals surface area contributed by atoms with Gasteiger partial charge in [-0.15, -0.1) is 0 Å². The van der Waals surface area contributed by atoms with Crippen LogP contribution < -0.4 is 10.6 Å². The van der Waals surface area contributed by atoms with Gasteiger partial charge in [-0.05, 0) is 104 Å². The van der Waals surface area contributed by atoms with Gasteiger partial charge in [0.05, 0.1) is 6.61 Å². The summed E-state index contributed by atoms with van der Waals surface area (Å²) < 4.78 is 11.5. The molecule has 9 heteroatoms. The molecule has 0 saturated carbocycles. The summed E-state index contributed by atoms with van der Waals surface area (Å²) in [5.74, 6) is -0.0135. The molecular formula is C49H97N5O4. The third-order valence-corrected chi connectivity index (χ3v) is 11.5. The van der Waals surface area contributed by atoms with Crippen LogP contribution in [0.25, 0.3) is 0 Å². The minimum atomic E-state index is -0.153. The first-order chi connectivity index (χ1) is 28.4. The van der Waals surface area contributed by atoms with Gasteiger partial charge >= 0.3 is 11.9 Å². The van der Waals surface area contributed by atoms with Crippen molar-refractivity contribution in [1.29, 1.82) is 5.26 Å². The molecule has 58 heavy (non-hydrogen) atoms. The van der Waals surface area contributed by atoms with Gasteiger partial charge in [-0.1, -0.05) is 162 Å². The second-order valence-electron chi connectivity index (χ2n) is 17.4. The average Bonchev–Trinajstić information content (AvgIpc) is 3.21. The number of nitrogens with zero attached hydrogens (tertiary/aromatic N) is 3. The van der Waals surface area contributed by atoms with Crippen LogP contribution in [0.2, 0.25) is 0 Å². The number of nitrogens with one attached hydrogen (secondary N) is 2. The van der Waals surface area contributed by atoms with Crippen LogP contribution in [0.5, 0.6) is 0 Å². The summed E-state index contributed by atoms with van der Waals surface area (Å²) in [4.78, 5) is 29.6. The molecule has 0 spiro atoms. The van der Waals surface area contributed by atoms with Gasteiger partial charge in [0.15, 0.2) is 6.19 Å². The second-order valence-corrected chi connectivity index (χ2v) is 17.4. The molecule has 0 aromatic carbocycles. The third kappa shape index (κ3) is 39.6. The van der Waals surface area contributed by atoms with Crippen molar-refractivity contribution in [3.63, 3.8) is 0 Å². The van der Waals surface area contributed by atoms with E-state index in [4.69, 9.17) is 14.7 Å². The molecule has 0 rings (SSSR count). The lowest BCUT2D eigenvalue weighted by Crippen LogP contribution is -2.50. The van der Waals surface area contributed by atoms with Gasteiger partial charge < -0.3 is 14.4 Å². The zero-order valence-electron chi connectivity index (χ0n) is 39.2. The van der Waals surface area contributed by atoms with Crippen LogP contribution in [0.4, 0.5) is 0 Å². The lowest BCUT2D eigenvalue weighted by Gasteiger charge is -2.25. The Bertz CT molecular complexity index is 913. The number of unbranched alkanes of at least 4 members (excludes halogenated alkanes) is 24. The van der Waals surface area contributed by atoms with E-state index in [2.05, 4.69) is 36.3 Å². The Labute approximate surface area is 360 Å². The van der Waals surface area contributed by atoms with Crippen LogP contribution in [0.1, 0.15) is 239 Å². The third-order valence-electron chi connectivity index (χ3n) is 11.5. The predicted molar refractivity (Wildman–Crippen MR) is 246 cm³/mol. The summed E-state index contributed by atoms with van der Waals surface area (Å²) in [6, 6.07) is 0. The van der Waals surface area contributed by atoms with E-state index < -0.39 is 0 Å². The van der Waals surface area contributed by atoms with E-state index >= 15 is 0 Å². The maximum absolute atomic E-state index is 12.8. The number of hydrogen-bond donors (Lipinski definition) is 2. The van der Waals surface area contributed by atoms with E-state index in [1.54, 1.807) is 0 Å². The zero-order chi connectivity index (χ0) is 42.6. The maximum Gasteiger partial charge on any atom is 0.306 e. The van der Waals surface area contributed by atoms with E-state index in [1.807, 2.05) is 25.2 Å². The fourth-order valence-corrected chi connectivity index (χ4v) is 7.70.